The van der Waals surface area contributed by atoms with Gasteiger partial charge in [-0.2, -0.15) is 5.10 Å². The van der Waals surface area contributed by atoms with Crippen molar-refractivity contribution in [2.45, 2.75) is 19.9 Å². The molecule has 0 aliphatic rings. The highest BCUT2D eigenvalue weighted by atomic mass is 16.2. The van der Waals surface area contributed by atoms with Crippen molar-refractivity contribution in [3.05, 3.63) is 40.3 Å². The average molecular weight is 302 g/mol. The number of fused-ring (bicyclic) bond motifs is 1. The quantitative estimate of drug-likeness (QED) is 0.830. The average Bonchev–Trinajstić information content (AvgIpc) is 2.54. The van der Waals surface area contributed by atoms with E-state index in [1.807, 2.05) is 6.92 Å². The van der Waals surface area contributed by atoms with Gasteiger partial charge in [0.25, 0.3) is 11.5 Å². The van der Waals surface area contributed by atoms with Crippen molar-refractivity contribution >= 4 is 22.6 Å². The highest BCUT2D eigenvalue weighted by Crippen LogP contribution is 2.12. The fourth-order valence-electron chi connectivity index (χ4n) is 2.08. The van der Waals surface area contributed by atoms with Gasteiger partial charge in [-0.25, -0.2) is 4.68 Å². The van der Waals surface area contributed by atoms with Crippen LogP contribution >= 0.6 is 0 Å². The fourth-order valence-corrected chi connectivity index (χ4v) is 2.08. The third kappa shape index (κ3) is 3.13. The van der Waals surface area contributed by atoms with Crippen LogP contribution in [0.15, 0.2) is 29.1 Å². The van der Waals surface area contributed by atoms with E-state index in [4.69, 9.17) is 0 Å². The molecule has 1 heterocycles. The Morgan fingerprint density at radius 1 is 1.23 bits per heavy atom. The molecule has 0 fully saturated rings. The molecule has 2 aromatic rings. The summed E-state index contributed by atoms with van der Waals surface area (Å²) in [6.07, 6.45) is 0.801. The van der Waals surface area contributed by atoms with Gasteiger partial charge >= 0.3 is 0 Å². The van der Waals surface area contributed by atoms with E-state index in [0.29, 0.717) is 17.3 Å². The summed E-state index contributed by atoms with van der Waals surface area (Å²) in [7, 11) is 1.49. The van der Waals surface area contributed by atoms with Crippen molar-refractivity contribution in [3.63, 3.8) is 0 Å². The Kier molecular flexibility index (Phi) is 4.88. The molecule has 7 heteroatoms. The van der Waals surface area contributed by atoms with Crippen molar-refractivity contribution < 1.29 is 9.59 Å². The number of hydrogen-bond donors (Lipinski definition) is 2. The zero-order valence-corrected chi connectivity index (χ0v) is 12.5. The monoisotopic (exact) mass is 302 g/mol. The summed E-state index contributed by atoms with van der Waals surface area (Å²) in [6.45, 7) is 2.25. The van der Waals surface area contributed by atoms with Crippen molar-refractivity contribution in [2.75, 3.05) is 13.6 Å². The first-order valence-electron chi connectivity index (χ1n) is 7.07. The Bertz CT molecular complexity index is 767. The van der Waals surface area contributed by atoms with Crippen LogP contribution in [0.2, 0.25) is 0 Å². The highest BCUT2D eigenvalue weighted by Gasteiger charge is 2.16. The smallest absolute Gasteiger partial charge is 0.275 e. The number of nitrogens with zero attached hydrogens (tertiary/aromatic N) is 2. The second-order valence-corrected chi connectivity index (χ2v) is 4.79. The molecule has 0 unspecified atom stereocenters. The minimum Gasteiger partial charge on any atom is -0.355 e. The van der Waals surface area contributed by atoms with Crippen LogP contribution in [-0.2, 0) is 11.3 Å². The van der Waals surface area contributed by atoms with Crippen LogP contribution in [-0.4, -0.2) is 35.2 Å². The van der Waals surface area contributed by atoms with Crippen molar-refractivity contribution in [3.8, 4) is 0 Å². The summed E-state index contributed by atoms with van der Waals surface area (Å²) >= 11 is 0. The number of carbonyl (C=O) groups excluding carboxylic acids is 2. The fraction of sp³-hybridized carbons (Fsp3) is 0.333. The zero-order valence-electron chi connectivity index (χ0n) is 12.5. The van der Waals surface area contributed by atoms with Crippen molar-refractivity contribution in [1.82, 2.24) is 20.4 Å². The van der Waals surface area contributed by atoms with Gasteiger partial charge in [0.05, 0.1) is 5.39 Å². The lowest BCUT2D eigenvalue weighted by atomic mass is 10.1. The van der Waals surface area contributed by atoms with Gasteiger partial charge in [-0.3, -0.25) is 14.4 Å². The van der Waals surface area contributed by atoms with Gasteiger partial charge in [-0.1, -0.05) is 25.1 Å². The number of hydrogen-bond acceptors (Lipinski definition) is 4. The molecule has 2 rings (SSSR count). The van der Waals surface area contributed by atoms with Crippen LogP contribution in [0.4, 0.5) is 0 Å². The molecule has 0 aliphatic carbocycles. The normalized spacial score (nSPS) is 10.5. The summed E-state index contributed by atoms with van der Waals surface area (Å²) in [5.74, 6) is -0.714. The molecule has 0 bridgehead atoms. The molecule has 0 radical (unpaired) electrons. The van der Waals surface area contributed by atoms with Gasteiger partial charge in [0, 0.05) is 19.0 Å². The van der Waals surface area contributed by atoms with Crippen molar-refractivity contribution in [2.24, 2.45) is 0 Å². The Balaban J connectivity index is 2.51. The first-order chi connectivity index (χ1) is 10.6. The molecule has 22 heavy (non-hydrogen) atoms. The molecule has 1 aromatic heterocycles. The van der Waals surface area contributed by atoms with E-state index in [1.165, 1.54) is 7.05 Å². The van der Waals surface area contributed by atoms with Crippen LogP contribution in [0.1, 0.15) is 23.8 Å². The predicted molar refractivity (Wildman–Crippen MR) is 82.7 cm³/mol. The molecular formula is C15H18N4O3. The number of carbonyl (C=O) groups is 2. The van der Waals surface area contributed by atoms with E-state index in [-0.39, 0.29) is 18.1 Å². The summed E-state index contributed by atoms with van der Waals surface area (Å²) in [5, 5.41) is 10.1. The lowest BCUT2D eigenvalue weighted by Crippen LogP contribution is -2.35. The molecule has 1 aromatic carbocycles. The first kappa shape index (κ1) is 15.7. The second kappa shape index (κ2) is 6.84. The Morgan fingerprint density at radius 3 is 2.55 bits per heavy atom. The molecule has 2 N–H and O–H groups in total. The topological polar surface area (TPSA) is 93.1 Å². The van der Waals surface area contributed by atoms with E-state index < -0.39 is 11.5 Å². The molecular weight excluding hydrogens is 284 g/mol. The molecule has 0 atom stereocenters. The maximum atomic E-state index is 12.4. The van der Waals surface area contributed by atoms with Gasteiger partial charge in [-0.05, 0) is 12.5 Å². The summed E-state index contributed by atoms with van der Waals surface area (Å²) in [5.41, 5.74) is -0.268. The number of aromatic nitrogens is 2. The number of amides is 2. The van der Waals surface area contributed by atoms with Gasteiger partial charge in [0.15, 0.2) is 5.69 Å². The second-order valence-electron chi connectivity index (χ2n) is 4.79. The van der Waals surface area contributed by atoms with Crippen LogP contribution in [0.5, 0.6) is 0 Å². The molecule has 0 aliphatic heterocycles. The molecule has 2 amide bonds. The van der Waals surface area contributed by atoms with Crippen LogP contribution in [0.3, 0.4) is 0 Å². The lowest BCUT2D eigenvalue weighted by molar-refractivity contribution is -0.121. The van der Waals surface area contributed by atoms with Crippen LogP contribution in [0.25, 0.3) is 10.8 Å². The standard InChI is InChI=1S/C15H18N4O3/c1-3-8-17-12(20)9-19-15(22)11-7-5-4-6-10(11)13(18-19)14(21)16-2/h4-7H,3,8-9H2,1-2H3,(H,16,21)(H,17,20). The van der Waals surface area contributed by atoms with Gasteiger partial charge in [0.2, 0.25) is 5.91 Å². The summed E-state index contributed by atoms with van der Waals surface area (Å²) < 4.78 is 1.03. The van der Waals surface area contributed by atoms with Crippen LogP contribution < -0.4 is 16.2 Å². The zero-order chi connectivity index (χ0) is 16.1. The molecule has 0 saturated heterocycles. The SMILES string of the molecule is CCCNC(=O)Cn1nc(C(=O)NC)c2ccccc2c1=O. The number of nitrogens with one attached hydrogen (secondary N) is 2. The maximum Gasteiger partial charge on any atom is 0.275 e. The minimum atomic E-state index is -0.404. The van der Waals surface area contributed by atoms with Gasteiger partial charge in [-0.15, -0.1) is 0 Å². The Hall–Kier alpha value is -2.70. The van der Waals surface area contributed by atoms with E-state index >= 15 is 0 Å². The van der Waals surface area contributed by atoms with E-state index in [2.05, 4.69) is 15.7 Å². The predicted octanol–water partition coefficient (Wildman–Crippen LogP) is 0.282. The van der Waals surface area contributed by atoms with E-state index in [0.717, 1.165) is 11.1 Å². The molecule has 0 saturated carbocycles. The van der Waals surface area contributed by atoms with E-state index in [1.54, 1.807) is 24.3 Å². The third-order valence-electron chi connectivity index (χ3n) is 3.18. The minimum absolute atomic E-state index is 0.126. The summed E-state index contributed by atoms with van der Waals surface area (Å²) in [4.78, 5) is 36.1. The van der Waals surface area contributed by atoms with Crippen molar-refractivity contribution in [1.29, 1.82) is 0 Å². The largest absolute Gasteiger partial charge is 0.355 e. The Morgan fingerprint density at radius 2 is 1.91 bits per heavy atom. The van der Waals surface area contributed by atoms with Crippen LogP contribution in [0, 0.1) is 0 Å². The number of benzene rings is 1. The molecule has 116 valence electrons. The summed E-state index contributed by atoms with van der Waals surface area (Å²) in [6, 6.07) is 6.72. The lowest BCUT2D eigenvalue weighted by Gasteiger charge is -2.10. The first-order valence-corrected chi connectivity index (χ1v) is 7.07. The number of rotatable bonds is 5. The van der Waals surface area contributed by atoms with Gasteiger partial charge in [0.1, 0.15) is 6.54 Å². The molecule has 7 nitrogen and oxygen atoms in total. The third-order valence-corrected chi connectivity index (χ3v) is 3.18. The van der Waals surface area contributed by atoms with E-state index in [9.17, 15) is 14.4 Å². The Labute approximate surface area is 127 Å². The maximum absolute atomic E-state index is 12.4. The molecule has 0 spiro atoms. The highest BCUT2D eigenvalue weighted by molar-refractivity contribution is 6.04. The van der Waals surface area contributed by atoms with Gasteiger partial charge < -0.3 is 10.6 Å².